The zero-order valence-electron chi connectivity index (χ0n) is 21.3. The molecule has 0 aromatic heterocycles. The number of aliphatic hydroxyl groups is 1. The summed E-state index contributed by atoms with van der Waals surface area (Å²) < 4.78 is 11.4. The maximum atomic E-state index is 13.4. The van der Waals surface area contributed by atoms with E-state index >= 15 is 0 Å². The molecular weight excluding hydrogens is 490 g/mol. The number of rotatable bonds is 8. The molecule has 6 nitrogen and oxygen atoms in total. The van der Waals surface area contributed by atoms with E-state index in [4.69, 9.17) is 21.1 Å². The molecule has 4 rings (SSSR count). The van der Waals surface area contributed by atoms with Crippen LogP contribution in [0, 0.1) is 12.8 Å². The van der Waals surface area contributed by atoms with Gasteiger partial charge in [-0.15, -0.1) is 0 Å². The minimum atomic E-state index is -0.867. The van der Waals surface area contributed by atoms with Gasteiger partial charge in [-0.2, -0.15) is 0 Å². The van der Waals surface area contributed by atoms with Crippen LogP contribution in [0.25, 0.3) is 5.76 Å². The summed E-state index contributed by atoms with van der Waals surface area (Å²) in [5.74, 6) is -0.342. The SMILES string of the molecule is CCOc1ccc(Cl)c(/C(O)=C2\C(=O)C(=O)N(c3ccc(C)cc3)C2c2ccc(OCC(C)C)cc2)c1. The Labute approximate surface area is 222 Å². The molecule has 1 aliphatic heterocycles. The van der Waals surface area contributed by atoms with Gasteiger partial charge in [0.1, 0.15) is 17.3 Å². The fourth-order valence-corrected chi connectivity index (χ4v) is 4.42. The molecule has 1 unspecified atom stereocenters. The highest BCUT2D eigenvalue weighted by molar-refractivity contribution is 6.52. The average molecular weight is 520 g/mol. The Kier molecular flexibility index (Phi) is 7.89. The van der Waals surface area contributed by atoms with E-state index in [0.717, 1.165) is 5.56 Å². The van der Waals surface area contributed by atoms with Crippen LogP contribution in [0.2, 0.25) is 5.02 Å². The topological polar surface area (TPSA) is 76.1 Å². The number of hydrogen-bond acceptors (Lipinski definition) is 5. The number of anilines is 1. The normalized spacial score (nSPS) is 16.9. The number of halogens is 1. The van der Waals surface area contributed by atoms with Gasteiger partial charge in [0.2, 0.25) is 0 Å². The maximum absolute atomic E-state index is 13.4. The fourth-order valence-electron chi connectivity index (χ4n) is 4.22. The van der Waals surface area contributed by atoms with E-state index < -0.39 is 17.7 Å². The molecule has 0 saturated carbocycles. The number of aliphatic hydroxyl groups excluding tert-OH is 1. The average Bonchev–Trinajstić information content (AvgIpc) is 3.14. The van der Waals surface area contributed by atoms with Crippen molar-refractivity contribution in [1.82, 2.24) is 0 Å². The second kappa shape index (κ2) is 11.1. The monoisotopic (exact) mass is 519 g/mol. The highest BCUT2D eigenvalue weighted by Gasteiger charge is 2.47. The van der Waals surface area contributed by atoms with Crippen molar-refractivity contribution < 1.29 is 24.2 Å². The lowest BCUT2D eigenvalue weighted by Crippen LogP contribution is -2.29. The molecule has 37 heavy (non-hydrogen) atoms. The highest BCUT2D eigenvalue weighted by Crippen LogP contribution is 2.43. The second-order valence-electron chi connectivity index (χ2n) is 9.35. The van der Waals surface area contributed by atoms with Gasteiger partial charge < -0.3 is 14.6 Å². The Morgan fingerprint density at radius 3 is 2.24 bits per heavy atom. The molecule has 3 aromatic rings. The lowest BCUT2D eigenvalue weighted by atomic mass is 9.95. The molecule has 1 fully saturated rings. The van der Waals surface area contributed by atoms with E-state index in [1.807, 2.05) is 26.0 Å². The van der Waals surface area contributed by atoms with E-state index in [0.29, 0.717) is 41.9 Å². The lowest BCUT2D eigenvalue weighted by Gasteiger charge is -2.26. The van der Waals surface area contributed by atoms with Crippen molar-refractivity contribution in [2.45, 2.75) is 33.7 Å². The van der Waals surface area contributed by atoms with Crippen molar-refractivity contribution in [3.63, 3.8) is 0 Å². The van der Waals surface area contributed by atoms with Gasteiger partial charge in [0.15, 0.2) is 0 Å². The summed E-state index contributed by atoms with van der Waals surface area (Å²) >= 11 is 6.42. The van der Waals surface area contributed by atoms with Crippen molar-refractivity contribution in [1.29, 1.82) is 0 Å². The first-order chi connectivity index (χ1) is 17.7. The minimum absolute atomic E-state index is 0.0445. The minimum Gasteiger partial charge on any atom is -0.507 e. The molecule has 7 heteroatoms. The third-order valence-electron chi connectivity index (χ3n) is 6.04. The van der Waals surface area contributed by atoms with E-state index in [9.17, 15) is 14.7 Å². The molecule has 0 spiro atoms. The van der Waals surface area contributed by atoms with Crippen LogP contribution >= 0.6 is 11.6 Å². The Morgan fingerprint density at radius 1 is 0.973 bits per heavy atom. The summed E-state index contributed by atoms with van der Waals surface area (Å²) in [4.78, 5) is 28.2. The number of nitrogens with zero attached hydrogens (tertiary/aromatic N) is 1. The van der Waals surface area contributed by atoms with Crippen LogP contribution < -0.4 is 14.4 Å². The number of ether oxygens (including phenoxy) is 2. The number of ketones is 1. The molecule has 0 radical (unpaired) electrons. The number of Topliss-reactive ketones (excluding diaryl/α,β-unsaturated/α-hetero) is 1. The second-order valence-corrected chi connectivity index (χ2v) is 9.76. The first-order valence-corrected chi connectivity index (χ1v) is 12.6. The van der Waals surface area contributed by atoms with Crippen molar-refractivity contribution in [3.8, 4) is 11.5 Å². The van der Waals surface area contributed by atoms with Crippen molar-refractivity contribution in [2.75, 3.05) is 18.1 Å². The van der Waals surface area contributed by atoms with Gasteiger partial charge in [-0.1, -0.05) is 55.3 Å². The number of amides is 1. The third kappa shape index (κ3) is 5.49. The van der Waals surface area contributed by atoms with Crippen LogP contribution in [0.5, 0.6) is 11.5 Å². The number of carbonyl (C=O) groups is 2. The molecule has 1 saturated heterocycles. The van der Waals surface area contributed by atoms with Crippen LogP contribution in [-0.4, -0.2) is 30.0 Å². The fraction of sp³-hybridized carbons (Fsp3) is 0.267. The summed E-state index contributed by atoms with van der Waals surface area (Å²) in [6.45, 7) is 8.90. The van der Waals surface area contributed by atoms with Gasteiger partial charge >= 0.3 is 0 Å². The molecule has 1 aliphatic rings. The summed E-state index contributed by atoms with van der Waals surface area (Å²) in [6.07, 6.45) is 0. The zero-order chi connectivity index (χ0) is 26.7. The predicted molar refractivity (Wildman–Crippen MR) is 145 cm³/mol. The molecule has 0 bridgehead atoms. The van der Waals surface area contributed by atoms with Gasteiger partial charge in [-0.3, -0.25) is 14.5 Å². The van der Waals surface area contributed by atoms with Crippen LogP contribution in [0.4, 0.5) is 5.69 Å². The van der Waals surface area contributed by atoms with Crippen LogP contribution in [0.1, 0.15) is 43.5 Å². The smallest absolute Gasteiger partial charge is 0.300 e. The first-order valence-electron chi connectivity index (χ1n) is 12.2. The first kappa shape index (κ1) is 26.3. The van der Waals surface area contributed by atoms with Gasteiger partial charge in [-0.05, 0) is 67.8 Å². The van der Waals surface area contributed by atoms with E-state index in [2.05, 4.69) is 13.8 Å². The molecule has 3 aromatic carbocycles. The largest absolute Gasteiger partial charge is 0.507 e. The summed E-state index contributed by atoms with van der Waals surface area (Å²) in [7, 11) is 0. The van der Waals surface area contributed by atoms with Gasteiger partial charge in [0.05, 0.1) is 29.9 Å². The van der Waals surface area contributed by atoms with Gasteiger partial charge in [0.25, 0.3) is 11.7 Å². The van der Waals surface area contributed by atoms with Crippen LogP contribution in [-0.2, 0) is 9.59 Å². The zero-order valence-corrected chi connectivity index (χ0v) is 22.1. The number of hydrogen-bond donors (Lipinski definition) is 1. The van der Waals surface area contributed by atoms with E-state index in [-0.39, 0.29) is 21.9 Å². The number of aryl methyl sites for hydroxylation is 1. The highest BCUT2D eigenvalue weighted by atomic mass is 35.5. The molecule has 0 aliphatic carbocycles. The van der Waals surface area contributed by atoms with Gasteiger partial charge in [-0.25, -0.2) is 0 Å². The lowest BCUT2D eigenvalue weighted by molar-refractivity contribution is -0.132. The molecular formula is C30H30ClNO5. The van der Waals surface area contributed by atoms with E-state index in [1.54, 1.807) is 54.6 Å². The third-order valence-corrected chi connectivity index (χ3v) is 6.37. The van der Waals surface area contributed by atoms with Crippen molar-refractivity contribution in [2.24, 2.45) is 5.92 Å². The van der Waals surface area contributed by atoms with E-state index in [1.165, 1.54) is 4.90 Å². The molecule has 192 valence electrons. The molecule has 1 atom stereocenters. The molecule has 1 amide bonds. The predicted octanol–water partition coefficient (Wildman–Crippen LogP) is 6.71. The summed E-state index contributed by atoms with van der Waals surface area (Å²) in [6, 6.07) is 18.5. The maximum Gasteiger partial charge on any atom is 0.300 e. The van der Waals surface area contributed by atoms with Crippen molar-refractivity contribution in [3.05, 3.63) is 94.0 Å². The van der Waals surface area contributed by atoms with Crippen LogP contribution in [0.15, 0.2) is 72.3 Å². The Balaban J connectivity index is 1.87. The quantitative estimate of drug-likeness (QED) is 0.203. The standard InChI is InChI=1S/C30H30ClNO5/c1-5-36-23-14-15-25(31)24(16-23)28(33)26-27(20-8-12-22(13-9-20)37-17-18(2)3)32(30(35)29(26)34)21-10-6-19(4)7-11-21/h6-16,18,27,33H,5,17H2,1-4H3/b28-26+. The van der Waals surface area contributed by atoms with Crippen LogP contribution in [0.3, 0.4) is 0 Å². The number of carbonyl (C=O) groups excluding carboxylic acids is 2. The Morgan fingerprint density at radius 2 is 1.62 bits per heavy atom. The van der Waals surface area contributed by atoms with Gasteiger partial charge in [0, 0.05) is 11.3 Å². The van der Waals surface area contributed by atoms with Crippen molar-refractivity contribution >= 4 is 34.7 Å². The summed E-state index contributed by atoms with van der Waals surface area (Å²) in [5.41, 5.74) is 2.39. The molecule has 1 N–H and O–H groups in total. The Bertz CT molecular complexity index is 1330. The number of benzene rings is 3. The Hall–Kier alpha value is -3.77. The summed E-state index contributed by atoms with van der Waals surface area (Å²) in [5, 5.41) is 11.7. The molecule has 1 heterocycles.